The average Bonchev–Trinajstić information content (AvgIpc) is 3.26. The number of halogens is 2. The Bertz CT molecular complexity index is 453. The molecule has 0 spiro atoms. The highest BCUT2D eigenvalue weighted by molar-refractivity contribution is 5.43. The number of ether oxygens (including phenoxy) is 2. The molecule has 0 aromatic heterocycles. The van der Waals surface area contributed by atoms with Crippen molar-refractivity contribution in [2.24, 2.45) is 5.92 Å². The smallest absolute Gasteiger partial charge is 0.387 e. The Morgan fingerprint density at radius 2 is 1.91 bits per heavy atom. The minimum Gasteiger partial charge on any atom is -0.434 e. The fourth-order valence-corrected chi connectivity index (χ4v) is 2.48. The topological polar surface area (TPSA) is 30.5 Å². The summed E-state index contributed by atoms with van der Waals surface area (Å²) in [5.41, 5.74) is 2.56. The number of alkyl halides is 2. The Hall–Kier alpha value is -1.20. The Kier molecular flexibility index (Phi) is 6.58. The van der Waals surface area contributed by atoms with Crippen molar-refractivity contribution in [1.29, 1.82) is 0 Å². The first kappa shape index (κ1) is 17.2. The Balaban J connectivity index is 1.68. The van der Waals surface area contributed by atoms with E-state index < -0.39 is 6.61 Å². The van der Waals surface area contributed by atoms with Crippen molar-refractivity contribution in [3.05, 3.63) is 28.8 Å². The summed E-state index contributed by atoms with van der Waals surface area (Å²) >= 11 is 0. The minimum atomic E-state index is -2.78. The maximum Gasteiger partial charge on any atom is 0.387 e. The molecule has 0 bridgehead atoms. The highest BCUT2D eigenvalue weighted by atomic mass is 19.3. The lowest BCUT2D eigenvalue weighted by molar-refractivity contribution is -0.0507. The summed E-state index contributed by atoms with van der Waals surface area (Å²) in [5.74, 6) is 1.10. The minimum absolute atomic E-state index is 0.284. The summed E-state index contributed by atoms with van der Waals surface area (Å²) < 4.78 is 34.8. The third kappa shape index (κ3) is 5.89. The molecular formula is C17H25F2NO2. The maximum absolute atomic E-state index is 12.3. The second-order valence-corrected chi connectivity index (χ2v) is 5.99. The average molecular weight is 313 g/mol. The van der Waals surface area contributed by atoms with Gasteiger partial charge >= 0.3 is 6.61 Å². The molecule has 5 heteroatoms. The number of rotatable bonds is 10. The molecule has 0 radical (unpaired) electrons. The predicted molar refractivity (Wildman–Crippen MR) is 82.4 cm³/mol. The van der Waals surface area contributed by atoms with E-state index in [1.807, 2.05) is 12.1 Å². The highest BCUT2D eigenvalue weighted by Crippen LogP contribution is 2.28. The van der Waals surface area contributed by atoms with Gasteiger partial charge in [-0.3, -0.25) is 0 Å². The molecule has 0 aliphatic heterocycles. The summed E-state index contributed by atoms with van der Waals surface area (Å²) in [6.45, 7) is 4.11. The molecule has 1 saturated carbocycles. The number of benzene rings is 1. The molecular weight excluding hydrogens is 288 g/mol. The molecule has 0 saturated heterocycles. The molecule has 1 fully saturated rings. The first-order chi connectivity index (χ1) is 10.6. The molecule has 3 nitrogen and oxygen atoms in total. The van der Waals surface area contributed by atoms with Crippen molar-refractivity contribution in [2.45, 2.75) is 46.3 Å². The Morgan fingerprint density at radius 1 is 1.23 bits per heavy atom. The summed E-state index contributed by atoms with van der Waals surface area (Å²) in [6.07, 6.45) is 3.63. The van der Waals surface area contributed by atoms with Crippen molar-refractivity contribution in [1.82, 2.24) is 5.32 Å². The molecule has 0 atom stereocenters. The molecule has 124 valence electrons. The number of hydrogen-bond acceptors (Lipinski definition) is 3. The van der Waals surface area contributed by atoms with Crippen LogP contribution in [-0.4, -0.2) is 26.4 Å². The Labute approximate surface area is 131 Å². The fraction of sp³-hybridized carbons (Fsp3) is 0.647. The van der Waals surface area contributed by atoms with Gasteiger partial charge in [-0.2, -0.15) is 8.78 Å². The van der Waals surface area contributed by atoms with Crippen LogP contribution < -0.4 is 10.1 Å². The molecule has 1 aliphatic rings. The molecule has 2 rings (SSSR count). The van der Waals surface area contributed by atoms with Crippen LogP contribution in [0.15, 0.2) is 12.1 Å². The quantitative estimate of drug-likeness (QED) is 0.666. The number of nitrogens with one attached hydrogen (secondary N) is 1. The van der Waals surface area contributed by atoms with Crippen LogP contribution in [0.3, 0.4) is 0 Å². The van der Waals surface area contributed by atoms with Crippen molar-refractivity contribution < 1.29 is 18.3 Å². The van der Waals surface area contributed by atoms with Crippen LogP contribution in [0.25, 0.3) is 0 Å². The van der Waals surface area contributed by atoms with Gasteiger partial charge in [-0.1, -0.05) is 12.1 Å². The maximum atomic E-state index is 12.3. The number of hydrogen-bond donors (Lipinski definition) is 1. The van der Waals surface area contributed by atoms with E-state index in [9.17, 15) is 8.78 Å². The zero-order valence-electron chi connectivity index (χ0n) is 13.3. The predicted octanol–water partition coefficient (Wildman–Crippen LogP) is 3.81. The normalized spacial score (nSPS) is 14.6. The lowest BCUT2D eigenvalue weighted by atomic mass is 10.1. The van der Waals surface area contributed by atoms with Crippen LogP contribution in [0.4, 0.5) is 8.78 Å². The van der Waals surface area contributed by atoms with Gasteiger partial charge in [0.15, 0.2) is 0 Å². The van der Waals surface area contributed by atoms with Gasteiger partial charge in [0.2, 0.25) is 0 Å². The highest BCUT2D eigenvalue weighted by Gasteiger charge is 2.20. The summed E-state index contributed by atoms with van der Waals surface area (Å²) in [7, 11) is 0. The van der Waals surface area contributed by atoms with Crippen molar-refractivity contribution in [3.8, 4) is 5.75 Å². The van der Waals surface area contributed by atoms with Gasteiger partial charge in [0.25, 0.3) is 0 Å². The summed E-state index contributed by atoms with van der Waals surface area (Å²) in [5, 5.41) is 3.35. The lowest BCUT2D eigenvalue weighted by Gasteiger charge is -2.13. The standard InChI is InChI=1S/C17H25F2NO2/c1-12-8-15(9-13(2)16(12)22-17(18)19)10-20-6-3-7-21-11-14-4-5-14/h8-9,14,17,20H,3-7,10-11H2,1-2H3. The largest absolute Gasteiger partial charge is 0.434 e. The van der Waals surface area contributed by atoms with Gasteiger partial charge in [-0.05, 0) is 62.3 Å². The molecule has 0 amide bonds. The van der Waals surface area contributed by atoms with E-state index in [-0.39, 0.29) is 5.75 Å². The van der Waals surface area contributed by atoms with Crippen LogP contribution >= 0.6 is 0 Å². The first-order valence-electron chi connectivity index (χ1n) is 7.89. The molecule has 0 heterocycles. The van der Waals surface area contributed by atoms with Crippen molar-refractivity contribution in [3.63, 3.8) is 0 Å². The molecule has 1 N–H and O–H groups in total. The molecule has 0 unspecified atom stereocenters. The van der Waals surface area contributed by atoms with Crippen LogP contribution in [0.1, 0.15) is 36.0 Å². The molecule has 1 aromatic carbocycles. The van der Waals surface area contributed by atoms with Gasteiger partial charge in [0.1, 0.15) is 5.75 Å². The second-order valence-electron chi connectivity index (χ2n) is 5.99. The van der Waals surface area contributed by atoms with E-state index in [4.69, 9.17) is 4.74 Å². The zero-order chi connectivity index (χ0) is 15.9. The number of aryl methyl sites for hydroxylation is 2. The Morgan fingerprint density at radius 3 is 2.50 bits per heavy atom. The third-order valence-corrected chi connectivity index (χ3v) is 3.75. The van der Waals surface area contributed by atoms with Gasteiger partial charge in [0, 0.05) is 19.8 Å². The SMILES string of the molecule is Cc1cc(CNCCCOCC2CC2)cc(C)c1OC(F)F. The third-order valence-electron chi connectivity index (χ3n) is 3.75. The summed E-state index contributed by atoms with van der Waals surface area (Å²) in [6, 6.07) is 3.78. The molecule has 22 heavy (non-hydrogen) atoms. The van der Waals surface area contributed by atoms with Crippen LogP contribution in [0, 0.1) is 19.8 Å². The van der Waals surface area contributed by atoms with E-state index >= 15 is 0 Å². The monoisotopic (exact) mass is 313 g/mol. The van der Waals surface area contributed by atoms with Crippen LogP contribution in [0.5, 0.6) is 5.75 Å². The molecule has 1 aromatic rings. The van der Waals surface area contributed by atoms with Gasteiger partial charge in [-0.25, -0.2) is 0 Å². The second kappa shape index (κ2) is 8.44. The lowest BCUT2D eigenvalue weighted by Crippen LogP contribution is -2.17. The zero-order valence-corrected chi connectivity index (χ0v) is 13.3. The van der Waals surface area contributed by atoms with E-state index in [2.05, 4.69) is 10.1 Å². The summed E-state index contributed by atoms with van der Waals surface area (Å²) in [4.78, 5) is 0. The van der Waals surface area contributed by atoms with Gasteiger partial charge in [-0.15, -0.1) is 0 Å². The van der Waals surface area contributed by atoms with E-state index in [1.54, 1.807) is 13.8 Å². The fourth-order valence-electron chi connectivity index (χ4n) is 2.48. The first-order valence-corrected chi connectivity index (χ1v) is 7.89. The van der Waals surface area contributed by atoms with Crippen molar-refractivity contribution >= 4 is 0 Å². The van der Waals surface area contributed by atoms with E-state index in [0.717, 1.165) is 55.3 Å². The van der Waals surface area contributed by atoms with E-state index in [1.165, 1.54) is 12.8 Å². The van der Waals surface area contributed by atoms with Crippen LogP contribution in [-0.2, 0) is 11.3 Å². The van der Waals surface area contributed by atoms with Gasteiger partial charge < -0.3 is 14.8 Å². The van der Waals surface area contributed by atoms with E-state index in [0.29, 0.717) is 0 Å². The molecule has 1 aliphatic carbocycles. The van der Waals surface area contributed by atoms with Crippen LogP contribution in [0.2, 0.25) is 0 Å². The van der Waals surface area contributed by atoms with Gasteiger partial charge in [0.05, 0.1) is 0 Å². The van der Waals surface area contributed by atoms with Crippen molar-refractivity contribution in [2.75, 3.05) is 19.8 Å².